The highest BCUT2D eigenvalue weighted by atomic mass is 19.1. The molecule has 0 bridgehead atoms. The van der Waals surface area contributed by atoms with E-state index in [9.17, 15) is 14.0 Å². The molecule has 5 nitrogen and oxygen atoms in total. The number of carbonyl (C=O) groups is 2. The van der Waals surface area contributed by atoms with Crippen molar-refractivity contribution in [2.75, 3.05) is 33.2 Å². The van der Waals surface area contributed by atoms with Gasteiger partial charge in [0.1, 0.15) is 5.82 Å². The lowest BCUT2D eigenvalue weighted by molar-refractivity contribution is -0.139. The van der Waals surface area contributed by atoms with Gasteiger partial charge in [-0.2, -0.15) is 0 Å². The largest absolute Gasteiger partial charge is 0.340 e. The van der Waals surface area contributed by atoms with Crippen LogP contribution >= 0.6 is 0 Å². The highest BCUT2D eigenvalue weighted by molar-refractivity contribution is 5.94. The first kappa shape index (κ1) is 22.5. The van der Waals surface area contributed by atoms with Gasteiger partial charge in [-0.1, -0.05) is 43.2 Å². The maximum Gasteiger partial charge on any atom is 0.253 e. The third-order valence-corrected chi connectivity index (χ3v) is 6.82. The van der Waals surface area contributed by atoms with E-state index in [1.54, 1.807) is 0 Å². The molecule has 1 aliphatic carbocycles. The lowest BCUT2D eigenvalue weighted by Crippen LogP contribution is -2.58. The van der Waals surface area contributed by atoms with Gasteiger partial charge in [-0.3, -0.25) is 14.5 Å². The van der Waals surface area contributed by atoms with Crippen molar-refractivity contribution in [3.8, 4) is 0 Å². The number of likely N-dealkylation sites (N-methyl/N-ethyl adjacent to an activating group) is 1. The zero-order valence-corrected chi connectivity index (χ0v) is 18.8. The molecule has 170 valence electrons. The number of carbonyl (C=O) groups excluding carboxylic acids is 2. The van der Waals surface area contributed by atoms with E-state index in [1.165, 1.54) is 37.1 Å². The van der Waals surface area contributed by atoms with E-state index in [0.29, 0.717) is 44.2 Å². The Morgan fingerprint density at radius 1 is 0.969 bits per heavy atom. The van der Waals surface area contributed by atoms with Crippen LogP contribution in [0.4, 0.5) is 4.39 Å². The van der Waals surface area contributed by atoms with Gasteiger partial charge in [-0.25, -0.2) is 4.39 Å². The highest BCUT2D eigenvalue weighted by Crippen LogP contribution is 2.32. The first-order valence-corrected chi connectivity index (χ1v) is 11.6. The molecule has 32 heavy (non-hydrogen) atoms. The molecule has 2 aliphatic rings. The minimum Gasteiger partial charge on any atom is -0.340 e. The maximum absolute atomic E-state index is 13.6. The van der Waals surface area contributed by atoms with E-state index < -0.39 is 0 Å². The van der Waals surface area contributed by atoms with Crippen LogP contribution in [0.2, 0.25) is 0 Å². The Morgan fingerprint density at radius 2 is 1.59 bits per heavy atom. The number of halogens is 1. The van der Waals surface area contributed by atoms with E-state index in [4.69, 9.17) is 0 Å². The average Bonchev–Trinajstić information content (AvgIpc) is 3.35. The third kappa shape index (κ3) is 5.18. The smallest absolute Gasteiger partial charge is 0.253 e. The van der Waals surface area contributed by atoms with Crippen LogP contribution in [0.1, 0.15) is 41.6 Å². The van der Waals surface area contributed by atoms with Crippen molar-refractivity contribution >= 4 is 11.8 Å². The SMILES string of the molecule is CN(Cc1ccccc1)C(=O)C(C1CCCC1)N1CCN(C(=O)c2ccc(F)cc2)CC1. The molecule has 1 unspecified atom stereocenters. The number of hydrogen-bond acceptors (Lipinski definition) is 3. The van der Waals surface area contributed by atoms with Crippen molar-refractivity contribution in [1.82, 2.24) is 14.7 Å². The monoisotopic (exact) mass is 437 g/mol. The second kappa shape index (κ2) is 10.3. The number of hydrogen-bond donors (Lipinski definition) is 0. The summed E-state index contributed by atoms with van der Waals surface area (Å²) in [7, 11) is 1.89. The molecule has 4 rings (SSSR count). The summed E-state index contributed by atoms with van der Waals surface area (Å²) in [6.45, 7) is 3.12. The van der Waals surface area contributed by atoms with E-state index in [-0.39, 0.29) is 23.7 Å². The second-order valence-electron chi connectivity index (χ2n) is 9.00. The lowest BCUT2D eigenvalue weighted by Gasteiger charge is -2.42. The standard InChI is InChI=1S/C26H32FN3O2/c1-28(19-20-7-3-2-4-8-20)26(32)24(21-9-5-6-10-21)29-15-17-30(18-16-29)25(31)22-11-13-23(27)14-12-22/h2-4,7-8,11-14,21,24H,5-6,9-10,15-19H2,1H3. The molecular weight excluding hydrogens is 405 g/mol. The van der Waals surface area contributed by atoms with Crippen LogP contribution in [0.5, 0.6) is 0 Å². The quantitative estimate of drug-likeness (QED) is 0.691. The first-order chi connectivity index (χ1) is 15.5. The normalized spacial score (nSPS) is 18.5. The van der Waals surface area contributed by atoms with Gasteiger partial charge in [-0.15, -0.1) is 0 Å². The van der Waals surface area contributed by atoms with Gasteiger partial charge in [-0.05, 0) is 48.6 Å². The number of amides is 2. The third-order valence-electron chi connectivity index (χ3n) is 6.82. The Labute approximate surface area is 189 Å². The Bertz CT molecular complexity index is 904. The number of rotatable bonds is 6. The Morgan fingerprint density at radius 3 is 2.22 bits per heavy atom. The number of piperazine rings is 1. The Kier molecular flexibility index (Phi) is 7.20. The molecule has 0 radical (unpaired) electrons. The summed E-state index contributed by atoms with van der Waals surface area (Å²) in [4.78, 5) is 32.3. The first-order valence-electron chi connectivity index (χ1n) is 11.6. The van der Waals surface area contributed by atoms with Gasteiger partial charge >= 0.3 is 0 Å². The van der Waals surface area contributed by atoms with Gasteiger partial charge in [0.2, 0.25) is 5.91 Å². The topological polar surface area (TPSA) is 43.9 Å². The van der Waals surface area contributed by atoms with Crippen LogP contribution in [0, 0.1) is 11.7 Å². The molecule has 0 N–H and O–H groups in total. The fourth-order valence-corrected chi connectivity index (χ4v) is 5.07. The van der Waals surface area contributed by atoms with Crippen molar-refractivity contribution in [3.05, 3.63) is 71.5 Å². The summed E-state index contributed by atoms with van der Waals surface area (Å²) < 4.78 is 13.2. The number of nitrogens with zero attached hydrogens (tertiary/aromatic N) is 3. The second-order valence-corrected chi connectivity index (χ2v) is 9.00. The zero-order valence-electron chi connectivity index (χ0n) is 18.8. The van der Waals surface area contributed by atoms with Crippen molar-refractivity contribution in [2.24, 2.45) is 5.92 Å². The van der Waals surface area contributed by atoms with E-state index in [0.717, 1.165) is 18.4 Å². The fourth-order valence-electron chi connectivity index (χ4n) is 5.07. The van der Waals surface area contributed by atoms with Crippen LogP contribution in [-0.4, -0.2) is 65.8 Å². The number of benzene rings is 2. The summed E-state index contributed by atoms with van der Waals surface area (Å²) in [5, 5.41) is 0. The summed E-state index contributed by atoms with van der Waals surface area (Å²) >= 11 is 0. The fraction of sp³-hybridized carbons (Fsp3) is 0.462. The highest BCUT2D eigenvalue weighted by Gasteiger charge is 2.38. The van der Waals surface area contributed by atoms with Gasteiger partial charge in [0, 0.05) is 45.3 Å². The molecule has 1 saturated heterocycles. The molecule has 6 heteroatoms. The van der Waals surface area contributed by atoms with Crippen LogP contribution in [-0.2, 0) is 11.3 Å². The van der Waals surface area contributed by atoms with Gasteiger partial charge in [0.25, 0.3) is 5.91 Å². The molecule has 2 aromatic carbocycles. The van der Waals surface area contributed by atoms with Crippen molar-refractivity contribution in [2.45, 2.75) is 38.3 Å². The summed E-state index contributed by atoms with van der Waals surface area (Å²) in [6.07, 6.45) is 4.54. The Balaban J connectivity index is 1.42. The minimum absolute atomic E-state index is 0.0745. The molecule has 0 aromatic heterocycles. The molecule has 1 atom stereocenters. The molecule has 2 amide bonds. The molecule has 2 aromatic rings. The predicted octanol–water partition coefficient (Wildman–Crippen LogP) is 3.80. The van der Waals surface area contributed by atoms with Crippen molar-refractivity contribution in [1.29, 1.82) is 0 Å². The van der Waals surface area contributed by atoms with Crippen LogP contribution in [0.3, 0.4) is 0 Å². The van der Waals surface area contributed by atoms with Crippen LogP contribution < -0.4 is 0 Å². The van der Waals surface area contributed by atoms with Crippen molar-refractivity contribution < 1.29 is 14.0 Å². The molecule has 1 saturated carbocycles. The maximum atomic E-state index is 13.6. The molecular formula is C26H32FN3O2. The molecule has 2 fully saturated rings. The Hall–Kier alpha value is -2.73. The summed E-state index contributed by atoms with van der Waals surface area (Å²) in [5.74, 6) is 0.137. The van der Waals surface area contributed by atoms with E-state index >= 15 is 0 Å². The minimum atomic E-state index is -0.344. The average molecular weight is 438 g/mol. The predicted molar refractivity (Wildman–Crippen MR) is 123 cm³/mol. The van der Waals surface area contributed by atoms with E-state index in [2.05, 4.69) is 4.90 Å². The van der Waals surface area contributed by atoms with Gasteiger partial charge < -0.3 is 9.80 Å². The summed E-state index contributed by atoms with van der Waals surface area (Å²) in [6, 6.07) is 15.7. The van der Waals surface area contributed by atoms with E-state index in [1.807, 2.05) is 47.2 Å². The molecule has 1 aliphatic heterocycles. The van der Waals surface area contributed by atoms with Crippen LogP contribution in [0.15, 0.2) is 54.6 Å². The van der Waals surface area contributed by atoms with Gasteiger partial charge in [0.15, 0.2) is 0 Å². The van der Waals surface area contributed by atoms with Crippen molar-refractivity contribution in [3.63, 3.8) is 0 Å². The molecule has 0 spiro atoms. The van der Waals surface area contributed by atoms with Crippen LogP contribution in [0.25, 0.3) is 0 Å². The zero-order chi connectivity index (χ0) is 22.5. The lowest BCUT2D eigenvalue weighted by atomic mass is 9.94. The summed E-state index contributed by atoms with van der Waals surface area (Å²) in [5.41, 5.74) is 1.63. The van der Waals surface area contributed by atoms with Gasteiger partial charge in [0.05, 0.1) is 6.04 Å². The molecule has 1 heterocycles.